The number of carbonyl (C=O) groups excluding carboxylic acids is 1. The van der Waals surface area contributed by atoms with E-state index in [1.807, 2.05) is 19.1 Å². The summed E-state index contributed by atoms with van der Waals surface area (Å²) in [5, 5.41) is 0. The molecule has 0 amide bonds. The number of benzene rings is 1. The van der Waals surface area contributed by atoms with Crippen LogP contribution in [-0.2, 0) is 16.1 Å². The first-order chi connectivity index (χ1) is 34.7. The SMILES string of the molecule is CCCCCCCCCCCCCCCCCCOc1cc(COC(=O)CCC)cc(OCCCCCCCCCCCCCCCCCC)c1OCCCCCCCCCCCCCCCCCC. The normalized spacial score (nSPS) is 11.4. The Balaban J connectivity index is 2.62. The highest BCUT2D eigenvalue weighted by Gasteiger charge is 2.17. The molecular weight excluding hydrogens is 861 g/mol. The fraction of sp³-hybridized carbons (Fsp3) is 0.892. The monoisotopic (exact) mass is 983 g/mol. The minimum atomic E-state index is -0.155. The van der Waals surface area contributed by atoms with E-state index in [4.69, 9.17) is 18.9 Å². The summed E-state index contributed by atoms with van der Waals surface area (Å²) in [7, 11) is 0. The Morgan fingerprint density at radius 1 is 0.300 bits per heavy atom. The van der Waals surface area contributed by atoms with Crippen LogP contribution in [0.4, 0.5) is 0 Å². The van der Waals surface area contributed by atoms with E-state index in [1.165, 1.54) is 289 Å². The van der Waals surface area contributed by atoms with Gasteiger partial charge in [0, 0.05) is 6.42 Å². The van der Waals surface area contributed by atoms with Crippen molar-refractivity contribution in [2.75, 3.05) is 19.8 Å². The molecule has 0 N–H and O–H groups in total. The van der Waals surface area contributed by atoms with Crippen molar-refractivity contribution in [2.45, 2.75) is 355 Å². The van der Waals surface area contributed by atoms with E-state index in [0.717, 1.165) is 48.5 Å². The average molecular weight is 984 g/mol. The van der Waals surface area contributed by atoms with Gasteiger partial charge in [0.15, 0.2) is 11.5 Å². The predicted octanol–water partition coefficient (Wildman–Crippen LogP) is 22.5. The molecule has 0 spiro atoms. The Hall–Kier alpha value is -1.91. The molecule has 5 heteroatoms. The molecular formula is C65H122O5. The van der Waals surface area contributed by atoms with E-state index in [-0.39, 0.29) is 12.6 Å². The molecule has 70 heavy (non-hydrogen) atoms. The first kappa shape index (κ1) is 66.1. The maximum absolute atomic E-state index is 12.4. The number of hydrogen-bond donors (Lipinski definition) is 0. The topological polar surface area (TPSA) is 54.0 Å². The van der Waals surface area contributed by atoms with Crippen molar-refractivity contribution >= 4 is 5.97 Å². The van der Waals surface area contributed by atoms with Crippen LogP contribution in [0.2, 0.25) is 0 Å². The summed E-state index contributed by atoms with van der Waals surface area (Å²) in [6.07, 6.45) is 66.3. The van der Waals surface area contributed by atoms with Crippen molar-refractivity contribution in [3.05, 3.63) is 17.7 Å². The molecule has 1 aromatic carbocycles. The summed E-state index contributed by atoms with van der Waals surface area (Å²) in [5.41, 5.74) is 0.906. The molecule has 0 bridgehead atoms. The number of rotatable bonds is 58. The van der Waals surface area contributed by atoms with Gasteiger partial charge in [0.2, 0.25) is 5.75 Å². The van der Waals surface area contributed by atoms with E-state index >= 15 is 0 Å². The van der Waals surface area contributed by atoms with Crippen LogP contribution in [0, 0.1) is 0 Å². The molecule has 0 aliphatic heterocycles. The second-order valence-electron chi connectivity index (χ2n) is 21.8. The van der Waals surface area contributed by atoms with Crippen molar-refractivity contribution in [2.24, 2.45) is 0 Å². The number of esters is 1. The Morgan fingerprint density at radius 3 is 0.771 bits per heavy atom. The van der Waals surface area contributed by atoms with Crippen molar-refractivity contribution < 1.29 is 23.7 Å². The quantitative estimate of drug-likeness (QED) is 0.0481. The first-order valence-electron chi connectivity index (χ1n) is 31.9. The molecule has 0 fully saturated rings. The summed E-state index contributed by atoms with van der Waals surface area (Å²) in [6.45, 7) is 11.1. The first-order valence-corrected chi connectivity index (χ1v) is 31.9. The zero-order valence-corrected chi connectivity index (χ0v) is 47.9. The van der Waals surface area contributed by atoms with Crippen LogP contribution in [0.3, 0.4) is 0 Å². The smallest absolute Gasteiger partial charge is 0.306 e. The summed E-state index contributed by atoms with van der Waals surface area (Å²) < 4.78 is 25.5. The van der Waals surface area contributed by atoms with Crippen molar-refractivity contribution in [3.63, 3.8) is 0 Å². The lowest BCUT2D eigenvalue weighted by molar-refractivity contribution is -0.145. The Kier molecular flexibility index (Phi) is 51.8. The Labute approximate surface area is 438 Å². The maximum atomic E-state index is 12.4. The van der Waals surface area contributed by atoms with Crippen LogP contribution < -0.4 is 14.2 Å². The van der Waals surface area contributed by atoms with Gasteiger partial charge in [0.25, 0.3) is 0 Å². The number of hydrogen-bond acceptors (Lipinski definition) is 5. The molecule has 0 heterocycles. The Bertz CT molecular complexity index is 1140. The number of ether oxygens (including phenoxy) is 4. The van der Waals surface area contributed by atoms with E-state index in [0.29, 0.717) is 26.2 Å². The summed E-state index contributed by atoms with van der Waals surface area (Å²) in [5.74, 6) is 2.06. The highest BCUT2D eigenvalue weighted by molar-refractivity contribution is 5.69. The fourth-order valence-electron chi connectivity index (χ4n) is 10.0. The van der Waals surface area contributed by atoms with Gasteiger partial charge in [-0.2, -0.15) is 0 Å². The minimum Gasteiger partial charge on any atom is -0.490 e. The van der Waals surface area contributed by atoms with Gasteiger partial charge in [-0.1, -0.05) is 317 Å². The van der Waals surface area contributed by atoms with Crippen molar-refractivity contribution in [3.8, 4) is 17.2 Å². The van der Waals surface area contributed by atoms with Crippen molar-refractivity contribution in [1.29, 1.82) is 0 Å². The van der Waals surface area contributed by atoms with E-state index in [9.17, 15) is 4.79 Å². The van der Waals surface area contributed by atoms with Gasteiger partial charge in [0.05, 0.1) is 19.8 Å². The molecule has 412 valence electrons. The minimum absolute atomic E-state index is 0.155. The molecule has 0 saturated carbocycles. The highest BCUT2D eigenvalue weighted by Crippen LogP contribution is 2.40. The van der Waals surface area contributed by atoms with Crippen LogP contribution in [-0.4, -0.2) is 25.8 Å². The van der Waals surface area contributed by atoms with Crippen molar-refractivity contribution in [1.82, 2.24) is 0 Å². The molecule has 5 nitrogen and oxygen atoms in total. The average Bonchev–Trinajstić information content (AvgIpc) is 3.36. The molecule has 0 aliphatic carbocycles. The third-order valence-electron chi connectivity index (χ3n) is 14.7. The van der Waals surface area contributed by atoms with E-state index < -0.39 is 0 Å². The highest BCUT2D eigenvalue weighted by atomic mass is 16.5. The number of unbranched alkanes of at least 4 members (excludes halogenated alkanes) is 45. The van der Waals surface area contributed by atoms with E-state index in [2.05, 4.69) is 20.8 Å². The van der Waals surface area contributed by atoms with Gasteiger partial charge in [-0.15, -0.1) is 0 Å². The van der Waals surface area contributed by atoms with Crippen LogP contribution in [0.15, 0.2) is 12.1 Å². The largest absolute Gasteiger partial charge is 0.490 e. The zero-order valence-electron chi connectivity index (χ0n) is 47.9. The third-order valence-corrected chi connectivity index (χ3v) is 14.7. The second kappa shape index (κ2) is 54.9. The molecule has 0 aromatic heterocycles. The summed E-state index contributed by atoms with van der Waals surface area (Å²) >= 11 is 0. The summed E-state index contributed by atoms with van der Waals surface area (Å²) in [4.78, 5) is 12.4. The van der Waals surface area contributed by atoms with E-state index in [1.54, 1.807) is 0 Å². The Morgan fingerprint density at radius 2 is 0.529 bits per heavy atom. The fourth-order valence-corrected chi connectivity index (χ4v) is 10.0. The standard InChI is InChI=1S/C65H122O5/c1-5-9-12-15-18-21-24-27-30-33-36-39-42-45-48-51-55-67-62-58-61(60-70-64(66)54-8-4)59-63(68-56-52-49-46-43-40-37-34-31-28-25-22-19-16-13-10-6-2)65(62)69-57-53-50-47-44-41-38-35-32-29-26-23-20-17-14-11-7-3/h58-59H,5-57,60H2,1-4H3. The lowest BCUT2D eigenvalue weighted by Gasteiger charge is -2.19. The lowest BCUT2D eigenvalue weighted by Crippen LogP contribution is -2.08. The molecule has 0 aliphatic rings. The molecule has 0 radical (unpaired) electrons. The van der Waals surface area contributed by atoms with Gasteiger partial charge in [-0.05, 0) is 43.4 Å². The maximum Gasteiger partial charge on any atom is 0.306 e. The zero-order chi connectivity index (χ0) is 50.3. The molecule has 1 rings (SSSR count). The van der Waals surface area contributed by atoms with Gasteiger partial charge >= 0.3 is 5.97 Å². The van der Waals surface area contributed by atoms with Gasteiger partial charge in [-0.25, -0.2) is 0 Å². The molecule has 0 atom stereocenters. The predicted molar refractivity (Wildman–Crippen MR) is 306 cm³/mol. The van der Waals surface area contributed by atoms with Crippen LogP contribution in [0.5, 0.6) is 17.2 Å². The molecule has 0 unspecified atom stereocenters. The van der Waals surface area contributed by atoms with Gasteiger partial charge < -0.3 is 18.9 Å². The summed E-state index contributed by atoms with van der Waals surface area (Å²) in [6, 6.07) is 4.08. The lowest BCUT2D eigenvalue weighted by atomic mass is 10.0. The molecule has 1 aromatic rings. The van der Waals surface area contributed by atoms with Crippen LogP contribution >= 0.6 is 0 Å². The van der Waals surface area contributed by atoms with Gasteiger partial charge in [-0.3, -0.25) is 4.79 Å². The van der Waals surface area contributed by atoms with Gasteiger partial charge in [0.1, 0.15) is 6.61 Å². The van der Waals surface area contributed by atoms with Crippen LogP contribution in [0.1, 0.15) is 354 Å². The molecule has 0 saturated heterocycles. The second-order valence-corrected chi connectivity index (χ2v) is 21.8. The number of carbonyl (C=O) groups is 1. The third kappa shape index (κ3) is 44.8. The van der Waals surface area contributed by atoms with Crippen LogP contribution in [0.25, 0.3) is 0 Å².